The number of allylic oxidation sites excluding steroid dienone is 16. The van der Waals surface area contributed by atoms with Gasteiger partial charge < -0.3 is 15.4 Å². The van der Waals surface area contributed by atoms with Crippen LogP contribution in [-0.4, -0.2) is 49.7 Å². The van der Waals surface area contributed by atoms with Gasteiger partial charge in [0.05, 0.1) is 18.8 Å². The summed E-state index contributed by atoms with van der Waals surface area (Å²) in [4.78, 5) is 54.8. The fraction of sp³-hybridized carbons (Fsp3) is 0.638. The molecule has 0 heterocycles. The van der Waals surface area contributed by atoms with Crippen molar-refractivity contribution >= 4 is 23.4 Å². The van der Waals surface area contributed by atoms with E-state index in [-0.39, 0.29) is 57.0 Å². The second kappa shape index (κ2) is 24.6. The van der Waals surface area contributed by atoms with Gasteiger partial charge in [-0.15, -0.1) is 0 Å². The molecule has 0 saturated heterocycles. The van der Waals surface area contributed by atoms with Crippen LogP contribution in [0.1, 0.15) is 165 Å². The Morgan fingerprint density at radius 1 is 0.803 bits per heavy atom. The summed E-state index contributed by atoms with van der Waals surface area (Å²) in [7, 11) is 0. The van der Waals surface area contributed by atoms with Crippen molar-refractivity contribution in [3.8, 4) is 6.07 Å². The van der Waals surface area contributed by atoms with Gasteiger partial charge in [-0.2, -0.15) is 5.26 Å². The lowest BCUT2D eigenvalue weighted by molar-refractivity contribution is -0.154. The van der Waals surface area contributed by atoms with E-state index >= 15 is 0 Å². The third-order valence-corrected chi connectivity index (χ3v) is 16.4. The molecular formula is C58H85N3O5. The van der Waals surface area contributed by atoms with Gasteiger partial charge in [0, 0.05) is 41.7 Å². The van der Waals surface area contributed by atoms with E-state index in [1.165, 1.54) is 0 Å². The summed E-state index contributed by atoms with van der Waals surface area (Å²) in [5.74, 6) is -0.365. The van der Waals surface area contributed by atoms with Crippen LogP contribution in [0, 0.1) is 55.7 Å². The molecule has 0 aromatic carbocycles. The zero-order chi connectivity index (χ0) is 48.5. The molecule has 2 amide bonds. The highest BCUT2D eigenvalue weighted by molar-refractivity contribution is 6.04. The van der Waals surface area contributed by atoms with E-state index in [0.29, 0.717) is 58.4 Å². The minimum absolute atomic E-state index is 0.000270. The minimum atomic E-state index is -0.711. The monoisotopic (exact) mass is 904 g/mol. The number of carbonyl (C=O) groups excluding carboxylic acids is 4. The van der Waals surface area contributed by atoms with Crippen molar-refractivity contribution in [2.75, 3.05) is 26.3 Å². The smallest absolute Gasteiger partial charge is 0.226 e. The van der Waals surface area contributed by atoms with E-state index in [2.05, 4.69) is 138 Å². The molecule has 66 heavy (non-hydrogen) atoms. The number of ether oxygens (including phenoxy) is 1. The maximum absolute atomic E-state index is 14.6. The zero-order valence-corrected chi connectivity index (χ0v) is 42.4. The second-order valence-corrected chi connectivity index (χ2v) is 21.5. The fourth-order valence-corrected chi connectivity index (χ4v) is 11.5. The number of hydrogen-bond donors (Lipinski definition) is 2. The molecule has 362 valence electrons. The lowest BCUT2D eigenvalue weighted by Gasteiger charge is -2.66. The van der Waals surface area contributed by atoms with Crippen molar-refractivity contribution in [3.05, 3.63) is 96.2 Å². The van der Waals surface area contributed by atoms with Gasteiger partial charge in [-0.1, -0.05) is 153 Å². The SMILES string of the molecule is CC/C=C\C/C=C\C/C=C\C/C=C\C/C=C\C/C=C\CCC(=O)NCCOCCNC(=O)[C@@]1(CCC(C)(C)CC)CC[C@]2(C)[C@@H](C1)C(=O)C=C1[C@@]3(C)C=C(C#N)C(=O)C(C)(C)[C@@H]3CC[C@]12C. The molecule has 0 spiro atoms. The van der Waals surface area contributed by atoms with Crippen molar-refractivity contribution in [2.45, 2.75) is 165 Å². The Morgan fingerprint density at radius 3 is 1.92 bits per heavy atom. The molecule has 4 aliphatic carbocycles. The molecule has 8 heteroatoms. The fourth-order valence-electron chi connectivity index (χ4n) is 11.5. The number of hydrogen-bond acceptors (Lipinski definition) is 6. The molecule has 0 aromatic rings. The first-order valence-corrected chi connectivity index (χ1v) is 25.3. The van der Waals surface area contributed by atoms with Gasteiger partial charge in [0.25, 0.3) is 0 Å². The summed E-state index contributed by atoms with van der Waals surface area (Å²) in [6, 6.07) is 2.19. The number of nitrogens with zero attached hydrogens (tertiary/aromatic N) is 1. The van der Waals surface area contributed by atoms with Crippen LogP contribution in [0.4, 0.5) is 0 Å². The Bertz CT molecular complexity index is 1990. The number of amides is 2. The van der Waals surface area contributed by atoms with Gasteiger partial charge in [0.2, 0.25) is 11.8 Å². The number of rotatable bonds is 25. The van der Waals surface area contributed by atoms with Gasteiger partial charge in [-0.05, 0) is 118 Å². The lowest BCUT2D eigenvalue weighted by atomic mass is 9.36. The summed E-state index contributed by atoms with van der Waals surface area (Å²) in [6.45, 7) is 21.0. The highest BCUT2D eigenvalue weighted by Crippen LogP contribution is 2.72. The number of fused-ring (bicyclic) bond motifs is 5. The first-order chi connectivity index (χ1) is 31.4. The highest BCUT2D eigenvalue weighted by Gasteiger charge is 2.67. The van der Waals surface area contributed by atoms with E-state index in [0.717, 1.165) is 76.2 Å². The molecule has 0 bridgehead atoms. The molecule has 2 fully saturated rings. The number of Topliss-reactive ketones (excluding diaryl/α,β-unsaturated/α-hetero) is 1. The van der Waals surface area contributed by atoms with Gasteiger partial charge in [-0.25, -0.2) is 0 Å². The van der Waals surface area contributed by atoms with Crippen molar-refractivity contribution in [1.82, 2.24) is 10.6 Å². The van der Waals surface area contributed by atoms with Crippen molar-refractivity contribution in [2.24, 2.45) is 44.3 Å². The average Bonchev–Trinajstić information content (AvgIpc) is 3.28. The van der Waals surface area contributed by atoms with Crippen molar-refractivity contribution < 1.29 is 23.9 Å². The maximum Gasteiger partial charge on any atom is 0.226 e. The zero-order valence-electron chi connectivity index (χ0n) is 42.4. The molecule has 2 saturated carbocycles. The van der Waals surface area contributed by atoms with E-state index in [4.69, 9.17) is 4.74 Å². The second-order valence-electron chi connectivity index (χ2n) is 21.5. The first-order valence-electron chi connectivity index (χ1n) is 25.3. The van der Waals surface area contributed by atoms with Gasteiger partial charge in [0.15, 0.2) is 11.6 Å². The summed E-state index contributed by atoms with van der Waals surface area (Å²) in [5.41, 5.74) is -1.36. The third-order valence-electron chi connectivity index (χ3n) is 16.4. The van der Waals surface area contributed by atoms with Crippen LogP contribution >= 0.6 is 0 Å². The molecule has 0 unspecified atom stereocenters. The normalized spacial score (nSPS) is 28.8. The van der Waals surface area contributed by atoms with Crippen LogP contribution in [-0.2, 0) is 23.9 Å². The quantitative estimate of drug-likeness (QED) is 0.0694. The van der Waals surface area contributed by atoms with E-state index in [1.54, 1.807) is 0 Å². The van der Waals surface area contributed by atoms with Crippen molar-refractivity contribution in [1.29, 1.82) is 5.26 Å². The molecule has 0 aliphatic heterocycles. The minimum Gasteiger partial charge on any atom is -0.378 e. The molecule has 4 aliphatic rings. The predicted molar refractivity (Wildman–Crippen MR) is 270 cm³/mol. The molecule has 6 atom stereocenters. The average molecular weight is 904 g/mol. The summed E-state index contributed by atoms with van der Waals surface area (Å²) >= 11 is 0. The predicted octanol–water partition coefficient (Wildman–Crippen LogP) is 12.7. The Hall–Kier alpha value is -4.35. The van der Waals surface area contributed by atoms with E-state index < -0.39 is 16.2 Å². The van der Waals surface area contributed by atoms with Crippen LogP contribution in [0.15, 0.2) is 96.2 Å². The van der Waals surface area contributed by atoms with Gasteiger partial charge in [0.1, 0.15) is 6.07 Å². The standard InChI is InChI=1S/C58H85N3O5/c1-10-12-13-14-15-16-17-18-19-20-21-22-23-24-25-26-27-28-29-30-50(63)60-37-39-66-40-38-61-52(65)58(35-33-53(3,4)11-2)36-34-56(8)46(43-58)47(62)41-49-55(7)42-45(44-59)51(64)54(5,6)48(55)31-32-57(49,56)9/h12-13,15-16,18-19,21-22,24-25,27-28,41-42,46,48H,10-11,14,17,20,23,26,29-40,43H2,1-9H3,(H,60,63)(H,61,65)/b13-12-,16-15-,19-18-,22-21-,25-24-,28-27-/t46-,48-,55-,56+,57+,58-/m0/s1. The van der Waals surface area contributed by atoms with Crippen LogP contribution < -0.4 is 10.6 Å². The molecule has 4 rings (SSSR count). The number of nitriles is 1. The molecule has 0 aromatic heterocycles. The summed E-state index contributed by atoms with van der Waals surface area (Å²) in [6.07, 6.45) is 42.9. The van der Waals surface area contributed by atoms with E-state index in [9.17, 15) is 24.4 Å². The Labute approximate surface area is 399 Å². The molecule has 8 nitrogen and oxygen atoms in total. The largest absolute Gasteiger partial charge is 0.378 e. The van der Waals surface area contributed by atoms with Crippen LogP contribution in [0.2, 0.25) is 0 Å². The summed E-state index contributed by atoms with van der Waals surface area (Å²) < 4.78 is 5.84. The topological polar surface area (TPSA) is 125 Å². The van der Waals surface area contributed by atoms with E-state index in [1.807, 2.05) is 26.0 Å². The van der Waals surface area contributed by atoms with Crippen LogP contribution in [0.25, 0.3) is 0 Å². The lowest BCUT2D eigenvalue weighted by Crippen LogP contribution is -2.62. The highest BCUT2D eigenvalue weighted by atomic mass is 16.5. The molecule has 0 radical (unpaired) electrons. The maximum atomic E-state index is 14.6. The Morgan fingerprint density at radius 2 is 1.36 bits per heavy atom. The summed E-state index contributed by atoms with van der Waals surface area (Å²) in [5, 5.41) is 16.2. The van der Waals surface area contributed by atoms with Gasteiger partial charge in [-0.3, -0.25) is 19.2 Å². The van der Waals surface area contributed by atoms with Crippen LogP contribution in [0.5, 0.6) is 0 Å². The molecular weight excluding hydrogens is 819 g/mol. The number of nitrogens with one attached hydrogen (secondary N) is 2. The third kappa shape index (κ3) is 13.2. The Kier molecular flexibility index (Phi) is 20.2. The first kappa shape index (κ1) is 54.3. The number of ketones is 2. The molecule has 2 N–H and O–H groups in total. The van der Waals surface area contributed by atoms with Crippen molar-refractivity contribution in [3.63, 3.8) is 0 Å². The Balaban J connectivity index is 1.21. The van der Waals surface area contributed by atoms with Gasteiger partial charge >= 0.3 is 0 Å². The number of carbonyl (C=O) groups is 4. The van der Waals surface area contributed by atoms with Crippen LogP contribution in [0.3, 0.4) is 0 Å².